The van der Waals surface area contributed by atoms with Crippen molar-refractivity contribution in [3.8, 4) is 0 Å². The Bertz CT molecular complexity index is 658. The summed E-state index contributed by atoms with van der Waals surface area (Å²) in [6.07, 6.45) is 0. The molecule has 0 heterocycles. The number of anilines is 1. The summed E-state index contributed by atoms with van der Waals surface area (Å²) >= 11 is 5.86. The second-order valence-corrected chi connectivity index (χ2v) is 4.81. The van der Waals surface area contributed by atoms with Crippen molar-refractivity contribution in [2.24, 2.45) is 0 Å². The van der Waals surface area contributed by atoms with Crippen LogP contribution in [-0.4, -0.2) is 5.97 Å². The van der Waals surface area contributed by atoms with Crippen molar-refractivity contribution in [2.75, 3.05) is 5.73 Å². The Morgan fingerprint density at radius 3 is 2.75 bits per heavy atom. The zero-order valence-electron chi connectivity index (χ0n) is 10.8. The Morgan fingerprint density at radius 2 is 2.05 bits per heavy atom. The molecule has 0 fully saturated rings. The monoisotopic (exact) mass is 293 g/mol. The lowest BCUT2D eigenvalue weighted by atomic mass is 10.1. The number of esters is 1. The fourth-order valence-electron chi connectivity index (χ4n) is 1.71. The van der Waals surface area contributed by atoms with Crippen LogP contribution >= 0.6 is 11.6 Å². The lowest BCUT2D eigenvalue weighted by molar-refractivity contribution is 0.0474. The summed E-state index contributed by atoms with van der Waals surface area (Å²) in [7, 11) is 0. The minimum absolute atomic E-state index is 0.0364. The molecule has 0 amide bonds. The third kappa shape index (κ3) is 3.27. The number of nitrogen functional groups attached to an aromatic ring is 1. The second kappa shape index (κ2) is 5.92. The van der Waals surface area contributed by atoms with Crippen LogP contribution in [0.3, 0.4) is 0 Å². The molecule has 2 aromatic rings. The van der Waals surface area contributed by atoms with Crippen molar-refractivity contribution in [1.82, 2.24) is 0 Å². The van der Waals surface area contributed by atoms with E-state index in [4.69, 9.17) is 22.1 Å². The van der Waals surface area contributed by atoms with Crippen LogP contribution in [0.1, 0.15) is 21.5 Å². The summed E-state index contributed by atoms with van der Waals surface area (Å²) < 4.78 is 18.0. The lowest BCUT2D eigenvalue weighted by Crippen LogP contribution is -2.08. The normalized spacial score (nSPS) is 10.3. The minimum Gasteiger partial charge on any atom is -0.457 e. The first-order chi connectivity index (χ1) is 9.47. The number of rotatable bonds is 3. The lowest BCUT2D eigenvalue weighted by Gasteiger charge is -2.09. The van der Waals surface area contributed by atoms with Gasteiger partial charge >= 0.3 is 5.97 Å². The van der Waals surface area contributed by atoms with Crippen LogP contribution in [0.4, 0.5) is 10.1 Å². The van der Waals surface area contributed by atoms with Crippen molar-refractivity contribution in [3.05, 3.63) is 63.9 Å². The van der Waals surface area contributed by atoms with Crippen LogP contribution < -0.4 is 5.73 Å². The highest BCUT2D eigenvalue weighted by Crippen LogP contribution is 2.20. The van der Waals surface area contributed by atoms with Gasteiger partial charge in [-0.05, 0) is 31.2 Å². The van der Waals surface area contributed by atoms with E-state index in [9.17, 15) is 9.18 Å². The maximum Gasteiger partial charge on any atom is 0.340 e. The quantitative estimate of drug-likeness (QED) is 0.693. The van der Waals surface area contributed by atoms with E-state index in [0.717, 1.165) is 5.56 Å². The molecule has 0 unspecified atom stereocenters. The van der Waals surface area contributed by atoms with Gasteiger partial charge in [0.1, 0.15) is 12.4 Å². The van der Waals surface area contributed by atoms with E-state index in [2.05, 4.69) is 0 Å². The fraction of sp³-hybridized carbons (Fsp3) is 0.133. The van der Waals surface area contributed by atoms with Gasteiger partial charge in [-0.1, -0.05) is 29.3 Å². The predicted molar refractivity (Wildman–Crippen MR) is 76.1 cm³/mol. The van der Waals surface area contributed by atoms with Gasteiger partial charge in [0, 0.05) is 11.3 Å². The molecule has 104 valence electrons. The molecule has 0 aliphatic carbocycles. The van der Waals surface area contributed by atoms with Crippen LogP contribution in [0.5, 0.6) is 0 Å². The molecule has 0 saturated heterocycles. The summed E-state index contributed by atoms with van der Waals surface area (Å²) in [5.41, 5.74) is 7.84. The van der Waals surface area contributed by atoms with Gasteiger partial charge in [0.25, 0.3) is 0 Å². The van der Waals surface area contributed by atoms with E-state index in [-0.39, 0.29) is 11.6 Å². The molecule has 0 aromatic heterocycles. The van der Waals surface area contributed by atoms with Crippen LogP contribution in [-0.2, 0) is 11.3 Å². The number of hydrogen-bond acceptors (Lipinski definition) is 3. The van der Waals surface area contributed by atoms with E-state index in [1.54, 1.807) is 12.1 Å². The molecule has 0 aliphatic rings. The Hall–Kier alpha value is -2.07. The van der Waals surface area contributed by atoms with Gasteiger partial charge in [-0.15, -0.1) is 0 Å². The molecule has 2 aromatic carbocycles. The Kier molecular flexibility index (Phi) is 4.25. The largest absolute Gasteiger partial charge is 0.457 e. The van der Waals surface area contributed by atoms with E-state index < -0.39 is 11.8 Å². The topological polar surface area (TPSA) is 52.3 Å². The van der Waals surface area contributed by atoms with Gasteiger partial charge in [0.2, 0.25) is 0 Å². The highest BCUT2D eigenvalue weighted by atomic mass is 35.5. The van der Waals surface area contributed by atoms with Gasteiger partial charge in [0.15, 0.2) is 0 Å². The van der Waals surface area contributed by atoms with Gasteiger partial charge < -0.3 is 10.5 Å². The Balaban J connectivity index is 2.10. The molecular formula is C15H13ClFNO2. The molecular weight excluding hydrogens is 281 g/mol. The number of halogens is 2. The average Bonchev–Trinajstić information content (AvgIpc) is 2.40. The van der Waals surface area contributed by atoms with E-state index in [1.807, 2.05) is 13.0 Å². The van der Waals surface area contributed by atoms with E-state index in [1.165, 1.54) is 18.2 Å². The summed E-state index contributed by atoms with van der Waals surface area (Å²) in [6.45, 7) is 1.82. The number of ether oxygens (including phenoxy) is 1. The zero-order valence-corrected chi connectivity index (χ0v) is 11.6. The molecule has 2 rings (SSSR count). The number of carbonyl (C=O) groups is 1. The van der Waals surface area contributed by atoms with Crippen LogP contribution in [0.15, 0.2) is 36.4 Å². The fourth-order valence-corrected chi connectivity index (χ4v) is 1.93. The van der Waals surface area contributed by atoms with Crippen molar-refractivity contribution >= 4 is 23.3 Å². The maximum absolute atomic E-state index is 12.9. The molecule has 0 radical (unpaired) electrons. The van der Waals surface area contributed by atoms with Gasteiger partial charge in [-0.25, -0.2) is 9.18 Å². The molecule has 0 atom stereocenters. The number of aryl methyl sites for hydroxylation is 1. The summed E-state index contributed by atoms with van der Waals surface area (Å²) in [4.78, 5) is 11.9. The van der Waals surface area contributed by atoms with Gasteiger partial charge in [0.05, 0.1) is 10.6 Å². The average molecular weight is 294 g/mol. The molecule has 0 spiro atoms. The van der Waals surface area contributed by atoms with E-state index >= 15 is 0 Å². The molecule has 3 nitrogen and oxygen atoms in total. The van der Waals surface area contributed by atoms with Crippen LogP contribution in [0.2, 0.25) is 5.02 Å². The zero-order chi connectivity index (χ0) is 14.7. The third-order valence-electron chi connectivity index (χ3n) is 2.80. The van der Waals surface area contributed by atoms with Crippen molar-refractivity contribution < 1.29 is 13.9 Å². The van der Waals surface area contributed by atoms with Crippen LogP contribution in [0.25, 0.3) is 0 Å². The van der Waals surface area contributed by atoms with Crippen molar-refractivity contribution in [2.45, 2.75) is 13.5 Å². The molecule has 0 bridgehead atoms. The summed E-state index contributed by atoms with van der Waals surface area (Å²) in [6, 6.07) is 9.02. The van der Waals surface area contributed by atoms with Crippen LogP contribution in [0, 0.1) is 12.7 Å². The standard InChI is InChI=1S/C15H13ClFNO2/c1-9-2-5-14(18)12(6-9)15(19)20-8-10-3-4-11(17)7-13(10)16/h2-7H,8,18H2,1H3. The first kappa shape index (κ1) is 14.3. The third-order valence-corrected chi connectivity index (χ3v) is 3.15. The minimum atomic E-state index is -0.536. The van der Waals surface area contributed by atoms with E-state index in [0.29, 0.717) is 16.8 Å². The van der Waals surface area contributed by atoms with Crippen molar-refractivity contribution in [3.63, 3.8) is 0 Å². The first-order valence-corrected chi connectivity index (χ1v) is 6.32. The highest BCUT2D eigenvalue weighted by molar-refractivity contribution is 6.31. The summed E-state index contributed by atoms with van der Waals surface area (Å²) in [5, 5.41) is 0.218. The maximum atomic E-state index is 12.9. The predicted octanol–water partition coefficient (Wildman–Crippen LogP) is 3.73. The number of benzene rings is 2. The van der Waals surface area contributed by atoms with Gasteiger partial charge in [-0.3, -0.25) is 0 Å². The second-order valence-electron chi connectivity index (χ2n) is 4.40. The molecule has 0 saturated carbocycles. The SMILES string of the molecule is Cc1ccc(N)c(C(=O)OCc2ccc(F)cc2Cl)c1. The number of hydrogen-bond donors (Lipinski definition) is 1. The first-order valence-electron chi connectivity index (χ1n) is 5.94. The number of carbonyl (C=O) groups excluding carboxylic acids is 1. The molecule has 20 heavy (non-hydrogen) atoms. The Labute approximate surface area is 121 Å². The van der Waals surface area contributed by atoms with Gasteiger partial charge in [-0.2, -0.15) is 0 Å². The highest BCUT2D eigenvalue weighted by Gasteiger charge is 2.12. The van der Waals surface area contributed by atoms with Crippen molar-refractivity contribution in [1.29, 1.82) is 0 Å². The molecule has 0 aliphatic heterocycles. The summed E-state index contributed by atoms with van der Waals surface area (Å²) in [5.74, 6) is -0.973. The Morgan fingerprint density at radius 1 is 1.30 bits per heavy atom. The molecule has 5 heteroatoms. The molecule has 2 N–H and O–H groups in total. The number of nitrogens with two attached hydrogens (primary N) is 1. The smallest absolute Gasteiger partial charge is 0.340 e.